The molecule has 3 aromatic rings. The molecule has 34 heavy (non-hydrogen) atoms. The Morgan fingerprint density at radius 2 is 1.41 bits per heavy atom. The van der Waals surface area contributed by atoms with E-state index in [2.05, 4.69) is 5.32 Å². The van der Waals surface area contributed by atoms with Crippen molar-refractivity contribution in [2.45, 2.75) is 0 Å². The van der Waals surface area contributed by atoms with E-state index in [0.29, 0.717) is 28.7 Å². The Morgan fingerprint density at radius 3 is 2.00 bits per heavy atom. The largest absolute Gasteiger partial charge is 0.508 e. The van der Waals surface area contributed by atoms with Gasteiger partial charge < -0.3 is 29.4 Å². The smallest absolute Gasteiger partial charge is 0.248 e. The predicted molar refractivity (Wildman–Crippen MR) is 134 cm³/mol. The summed E-state index contributed by atoms with van der Waals surface area (Å²) in [5.74, 6) is 1.97. The number of hydrogen-bond acceptors (Lipinski definition) is 6. The fraction of sp³-hybridized carbons (Fsp3) is 0.148. The van der Waals surface area contributed by atoms with Gasteiger partial charge in [0, 0.05) is 11.6 Å². The highest BCUT2D eigenvalue weighted by molar-refractivity contribution is 6.04. The summed E-state index contributed by atoms with van der Waals surface area (Å²) in [6.07, 6.45) is 6.82. The van der Waals surface area contributed by atoms with Crippen LogP contribution in [0.2, 0.25) is 0 Å². The molecule has 0 radical (unpaired) electrons. The molecule has 3 aromatic carbocycles. The highest BCUT2D eigenvalue weighted by atomic mass is 16.5. The first-order valence-corrected chi connectivity index (χ1v) is 10.4. The number of amides is 1. The molecule has 0 bridgehead atoms. The van der Waals surface area contributed by atoms with Gasteiger partial charge in [0.15, 0.2) is 11.5 Å². The minimum Gasteiger partial charge on any atom is -0.508 e. The van der Waals surface area contributed by atoms with Gasteiger partial charge in [-0.05, 0) is 47.5 Å². The van der Waals surface area contributed by atoms with Crippen molar-refractivity contribution >= 4 is 29.8 Å². The van der Waals surface area contributed by atoms with E-state index in [4.69, 9.17) is 18.9 Å². The summed E-state index contributed by atoms with van der Waals surface area (Å²) in [7, 11) is 6.22. The number of carbonyl (C=O) groups is 1. The molecule has 0 saturated carbocycles. The molecule has 0 aromatic heterocycles. The second-order valence-electron chi connectivity index (χ2n) is 7.13. The molecule has 0 spiro atoms. The predicted octanol–water partition coefficient (Wildman–Crippen LogP) is 5.25. The van der Waals surface area contributed by atoms with E-state index in [0.717, 1.165) is 16.7 Å². The number of nitrogens with one attached hydrogen (secondary N) is 1. The summed E-state index contributed by atoms with van der Waals surface area (Å²) in [6.45, 7) is 0. The number of hydrogen-bond donors (Lipinski definition) is 2. The summed E-state index contributed by atoms with van der Waals surface area (Å²) >= 11 is 0. The topological polar surface area (TPSA) is 86.3 Å². The Morgan fingerprint density at radius 1 is 0.765 bits per heavy atom. The molecule has 0 aliphatic carbocycles. The zero-order chi connectivity index (χ0) is 24.5. The van der Waals surface area contributed by atoms with E-state index in [-0.39, 0.29) is 11.7 Å². The van der Waals surface area contributed by atoms with Gasteiger partial charge >= 0.3 is 0 Å². The van der Waals surface area contributed by atoms with E-state index >= 15 is 0 Å². The number of ether oxygens (including phenoxy) is 4. The molecule has 176 valence electrons. The van der Waals surface area contributed by atoms with Crippen molar-refractivity contribution in [1.82, 2.24) is 0 Å². The van der Waals surface area contributed by atoms with Crippen LogP contribution >= 0.6 is 0 Å². The van der Waals surface area contributed by atoms with E-state index in [1.54, 1.807) is 64.8 Å². The molecule has 2 N–H and O–H groups in total. The number of aromatic hydroxyl groups is 1. The van der Waals surface area contributed by atoms with Gasteiger partial charge in [0.05, 0.1) is 34.1 Å². The average Bonchev–Trinajstić information content (AvgIpc) is 2.86. The maximum atomic E-state index is 12.6. The number of methoxy groups -OCH3 is 4. The Kier molecular flexibility index (Phi) is 8.18. The zero-order valence-electron chi connectivity index (χ0n) is 19.5. The van der Waals surface area contributed by atoms with Crippen LogP contribution in [0.4, 0.5) is 5.69 Å². The second kappa shape index (κ2) is 11.5. The first-order valence-electron chi connectivity index (χ1n) is 10.4. The van der Waals surface area contributed by atoms with Crippen molar-refractivity contribution < 1.29 is 28.8 Å². The number of rotatable bonds is 9. The third kappa shape index (κ3) is 5.89. The molecule has 1 amide bonds. The van der Waals surface area contributed by atoms with Crippen molar-refractivity contribution in [3.05, 3.63) is 77.4 Å². The number of anilines is 1. The molecule has 3 rings (SSSR count). The Bertz CT molecular complexity index is 1170. The first kappa shape index (κ1) is 24.3. The van der Waals surface area contributed by atoms with Crippen molar-refractivity contribution in [3.8, 4) is 28.7 Å². The van der Waals surface area contributed by atoms with E-state index in [1.165, 1.54) is 6.08 Å². The van der Waals surface area contributed by atoms with E-state index < -0.39 is 0 Å². The molecule has 0 unspecified atom stereocenters. The highest BCUT2D eigenvalue weighted by Gasteiger charge is 2.13. The lowest BCUT2D eigenvalue weighted by molar-refractivity contribution is -0.111. The number of benzene rings is 3. The first-order chi connectivity index (χ1) is 16.5. The number of phenolic OH excluding ortho intramolecular Hbond substituents is 1. The lowest BCUT2D eigenvalue weighted by atomic mass is 10.1. The third-order valence-electron chi connectivity index (χ3n) is 4.99. The monoisotopic (exact) mass is 461 g/mol. The summed E-state index contributed by atoms with van der Waals surface area (Å²) in [5.41, 5.74) is 2.89. The summed E-state index contributed by atoms with van der Waals surface area (Å²) in [6, 6.07) is 15.7. The zero-order valence-corrected chi connectivity index (χ0v) is 19.5. The Balaban J connectivity index is 1.88. The number of carbonyl (C=O) groups excluding carboxylic acids is 1. The van der Waals surface area contributed by atoms with Crippen LogP contribution in [0.3, 0.4) is 0 Å². The van der Waals surface area contributed by atoms with Crippen molar-refractivity contribution in [1.29, 1.82) is 0 Å². The van der Waals surface area contributed by atoms with Crippen LogP contribution < -0.4 is 24.3 Å². The van der Waals surface area contributed by atoms with Gasteiger partial charge in [-0.1, -0.05) is 36.4 Å². The molecular weight excluding hydrogens is 434 g/mol. The Hall–Kier alpha value is -4.39. The molecule has 0 saturated heterocycles. The second-order valence-corrected chi connectivity index (χ2v) is 7.13. The van der Waals surface area contributed by atoms with Gasteiger partial charge in [-0.15, -0.1) is 0 Å². The van der Waals surface area contributed by atoms with Crippen LogP contribution in [0.25, 0.3) is 18.2 Å². The van der Waals surface area contributed by atoms with Gasteiger partial charge in [-0.3, -0.25) is 4.79 Å². The fourth-order valence-electron chi connectivity index (χ4n) is 3.30. The van der Waals surface area contributed by atoms with Gasteiger partial charge in [-0.25, -0.2) is 0 Å². The Labute approximate surface area is 198 Å². The summed E-state index contributed by atoms with van der Waals surface area (Å²) in [4.78, 5) is 12.6. The van der Waals surface area contributed by atoms with Crippen LogP contribution in [0.15, 0.2) is 60.7 Å². The van der Waals surface area contributed by atoms with Crippen LogP contribution in [0.1, 0.15) is 16.7 Å². The minimum atomic E-state index is -0.319. The quantitative estimate of drug-likeness (QED) is 0.334. The van der Waals surface area contributed by atoms with Crippen LogP contribution in [0.5, 0.6) is 28.7 Å². The minimum absolute atomic E-state index is 0.166. The van der Waals surface area contributed by atoms with Crippen LogP contribution in [-0.2, 0) is 4.79 Å². The highest BCUT2D eigenvalue weighted by Crippen LogP contribution is 2.39. The standard InChI is InChI=1S/C27H27NO6/c1-31-22-7-5-6-20(12-8-19-16-23(32-2)27(34-4)24(17-19)33-3)26(22)28-25(30)15-11-18-9-13-21(29)14-10-18/h5-17,29H,1-4H3,(H,28,30)/b12-8+,15-11+. The van der Waals surface area contributed by atoms with Crippen LogP contribution in [0, 0.1) is 0 Å². The maximum absolute atomic E-state index is 12.6. The normalized spacial score (nSPS) is 10.9. The summed E-state index contributed by atoms with van der Waals surface area (Å²) < 4.78 is 21.7. The molecule has 0 aliphatic heterocycles. The molecule has 0 aliphatic rings. The molecule has 0 atom stereocenters. The third-order valence-corrected chi connectivity index (χ3v) is 4.99. The maximum Gasteiger partial charge on any atom is 0.248 e. The van der Waals surface area contributed by atoms with Gasteiger partial charge in [0.2, 0.25) is 11.7 Å². The van der Waals surface area contributed by atoms with E-state index in [1.807, 2.05) is 36.4 Å². The average molecular weight is 462 g/mol. The van der Waals surface area contributed by atoms with Crippen molar-refractivity contribution in [3.63, 3.8) is 0 Å². The lowest BCUT2D eigenvalue weighted by Crippen LogP contribution is -2.10. The van der Waals surface area contributed by atoms with Crippen molar-refractivity contribution in [2.75, 3.05) is 33.8 Å². The molecule has 0 heterocycles. The van der Waals surface area contributed by atoms with Gasteiger partial charge in [0.25, 0.3) is 0 Å². The molecule has 7 heteroatoms. The summed E-state index contributed by atoms with van der Waals surface area (Å²) in [5, 5.41) is 12.3. The number of phenols is 1. The molecule has 0 fully saturated rings. The molecule has 7 nitrogen and oxygen atoms in total. The number of para-hydroxylation sites is 1. The van der Waals surface area contributed by atoms with Crippen molar-refractivity contribution in [2.24, 2.45) is 0 Å². The molecular formula is C27H27NO6. The fourth-order valence-corrected chi connectivity index (χ4v) is 3.30. The van der Waals surface area contributed by atoms with Gasteiger partial charge in [-0.2, -0.15) is 0 Å². The van der Waals surface area contributed by atoms with E-state index in [9.17, 15) is 9.90 Å². The van der Waals surface area contributed by atoms with Gasteiger partial charge in [0.1, 0.15) is 11.5 Å². The SMILES string of the molecule is COc1cccc(/C=C/c2cc(OC)c(OC)c(OC)c2)c1NC(=O)/C=C/c1ccc(O)cc1. The lowest BCUT2D eigenvalue weighted by Gasteiger charge is -2.13. The van der Waals surface area contributed by atoms with Crippen LogP contribution in [-0.4, -0.2) is 39.5 Å².